The standard InChI is InChI=1S/C29H33F3O4/c1-16(33)17-2-6-19(7-3-17)22-12-13-25(28(32)27(22)31)36-29(34)20-8-4-18(5-9-20)21-10-11-23(24(30)14-21)26-15-35-26/h10-14,16-20,26,33H,2-9,15H2,1H3. The number of ether oxygens (including phenoxy) is 2. The van der Waals surface area contributed by atoms with E-state index in [2.05, 4.69) is 0 Å². The minimum atomic E-state index is -1.12. The third kappa shape index (κ3) is 5.32. The molecule has 2 aliphatic carbocycles. The molecule has 2 atom stereocenters. The molecule has 2 saturated carbocycles. The highest BCUT2D eigenvalue weighted by Crippen LogP contribution is 2.41. The van der Waals surface area contributed by atoms with Crippen molar-refractivity contribution in [1.82, 2.24) is 0 Å². The third-order valence-corrected chi connectivity index (χ3v) is 8.42. The van der Waals surface area contributed by atoms with Crippen LogP contribution in [-0.4, -0.2) is 23.8 Å². The minimum Gasteiger partial charge on any atom is -0.423 e. The number of aliphatic hydroxyl groups excluding tert-OH is 1. The van der Waals surface area contributed by atoms with E-state index in [0.29, 0.717) is 56.3 Å². The predicted molar refractivity (Wildman–Crippen MR) is 128 cm³/mol. The van der Waals surface area contributed by atoms with Crippen molar-refractivity contribution < 1.29 is 32.5 Å². The highest BCUT2D eigenvalue weighted by molar-refractivity contribution is 5.75. The second-order valence-corrected chi connectivity index (χ2v) is 10.7. The topological polar surface area (TPSA) is 59.1 Å². The van der Waals surface area contributed by atoms with E-state index in [1.165, 1.54) is 12.1 Å². The maximum atomic E-state index is 14.9. The van der Waals surface area contributed by atoms with E-state index in [0.717, 1.165) is 18.4 Å². The number of carbonyl (C=O) groups is 1. The van der Waals surface area contributed by atoms with Crippen LogP contribution in [0.25, 0.3) is 0 Å². The van der Waals surface area contributed by atoms with Gasteiger partial charge in [0.15, 0.2) is 11.6 Å². The summed E-state index contributed by atoms with van der Waals surface area (Å²) in [6.07, 6.45) is 4.89. The molecule has 3 aliphatic rings. The van der Waals surface area contributed by atoms with E-state index in [1.54, 1.807) is 19.1 Å². The van der Waals surface area contributed by atoms with Crippen molar-refractivity contribution in [1.29, 1.82) is 0 Å². The van der Waals surface area contributed by atoms with Crippen LogP contribution in [0.4, 0.5) is 13.2 Å². The number of halogens is 3. The van der Waals surface area contributed by atoms with Gasteiger partial charge in [0.2, 0.25) is 5.82 Å². The Kier molecular flexibility index (Phi) is 7.40. The molecule has 5 rings (SSSR count). The number of epoxide rings is 1. The molecule has 0 radical (unpaired) electrons. The number of carbonyl (C=O) groups excluding carboxylic acids is 1. The smallest absolute Gasteiger partial charge is 0.314 e. The van der Waals surface area contributed by atoms with Crippen molar-refractivity contribution in [2.75, 3.05) is 6.61 Å². The van der Waals surface area contributed by atoms with Gasteiger partial charge in [0.25, 0.3) is 0 Å². The summed E-state index contributed by atoms with van der Waals surface area (Å²) in [4.78, 5) is 12.7. The van der Waals surface area contributed by atoms with Gasteiger partial charge in [-0.05, 0) is 99.3 Å². The van der Waals surface area contributed by atoms with Crippen LogP contribution in [0.1, 0.15) is 92.9 Å². The molecule has 2 aromatic rings. The van der Waals surface area contributed by atoms with Crippen LogP contribution in [0.2, 0.25) is 0 Å². The number of hydrogen-bond acceptors (Lipinski definition) is 4. The Morgan fingerprint density at radius 1 is 0.917 bits per heavy atom. The minimum absolute atomic E-state index is 0.106. The Balaban J connectivity index is 1.17. The lowest BCUT2D eigenvalue weighted by Crippen LogP contribution is -2.26. The number of rotatable bonds is 6. The molecule has 1 aliphatic heterocycles. The van der Waals surface area contributed by atoms with Gasteiger partial charge in [0.1, 0.15) is 11.9 Å². The first kappa shape index (κ1) is 25.3. The lowest BCUT2D eigenvalue weighted by molar-refractivity contribution is -0.140. The first-order chi connectivity index (χ1) is 17.3. The normalized spacial score (nSPS) is 29.0. The molecule has 36 heavy (non-hydrogen) atoms. The SMILES string of the molecule is CC(O)C1CCC(c2ccc(OC(=O)C3CCC(c4ccc(C5CO5)c(F)c4)CC3)c(F)c2F)CC1. The highest BCUT2D eigenvalue weighted by Gasteiger charge is 2.33. The van der Waals surface area contributed by atoms with Crippen molar-refractivity contribution in [2.24, 2.45) is 11.8 Å². The van der Waals surface area contributed by atoms with Gasteiger partial charge >= 0.3 is 5.97 Å². The van der Waals surface area contributed by atoms with Crippen LogP contribution in [0.5, 0.6) is 5.75 Å². The lowest BCUT2D eigenvalue weighted by atomic mass is 9.77. The molecule has 2 aromatic carbocycles. The van der Waals surface area contributed by atoms with Crippen LogP contribution in [0, 0.1) is 29.3 Å². The van der Waals surface area contributed by atoms with Crippen molar-refractivity contribution >= 4 is 5.97 Å². The quantitative estimate of drug-likeness (QED) is 0.271. The van der Waals surface area contributed by atoms with Crippen molar-refractivity contribution in [3.8, 4) is 5.75 Å². The van der Waals surface area contributed by atoms with E-state index >= 15 is 0 Å². The second-order valence-electron chi connectivity index (χ2n) is 10.7. The van der Waals surface area contributed by atoms with Crippen LogP contribution < -0.4 is 4.74 Å². The second kappa shape index (κ2) is 10.5. The maximum Gasteiger partial charge on any atom is 0.314 e. The monoisotopic (exact) mass is 502 g/mol. The van der Waals surface area contributed by atoms with E-state index in [-0.39, 0.29) is 35.4 Å². The molecule has 7 heteroatoms. The molecule has 1 saturated heterocycles. The number of aliphatic hydroxyl groups is 1. The van der Waals surface area contributed by atoms with Gasteiger partial charge in [-0.3, -0.25) is 4.79 Å². The molecule has 2 unspecified atom stereocenters. The van der Waals surface area contributed by atoms with Gasteiger partial charge in [-0.1, -0.05) is 18.2 Å². The molecule has 1 N–H and O–H groups in total. The van der Waals surface area contributed by atoms with E-state index < -0.39 is 29.6 Å². The van der Waals surface area contributed by atoms with Crippen LogP contribution in [-0.2, 0) is 9.53 Å². The Morgan fingerprint density at radius 3 is 2.17 bits per heavy atom. The highest BCUT2D eigenvalue weighted by atomic mass is 19.2. The number of esters is 1. The van der Waals surface area contributed by atoms with Crippen molar-refractivity contribution in [2.45, 2.75) is 82.3 Å². The molecular formula is C29H33F3O4. The zero-order valence-corrected chi connectivity index (χ0v) is 20.5. The van der Waals surface area contributed by atoms with E-state index in [4.69, 9.17) is 9.47 Å². The lowest BCUT2D eigenvalue weighted by Gasteiger charge is -2.30. The van der Waals surface area contributed by atoms with Gasteiger partial charge in [0.05, 0.1) is 18.6 Å². The summed E-state index contributed by atoms with van der Waals surface area (Å²) in [5, 5.41) is 9.77. The zero-order valence-electron chi connectivity index (χ0n) is 20.5. The molecule has 194 valence electrons. The fraction of sp³-hybridized carbons (Fsp3) is 0.552. The van der Waals surface area contributed by atoms with E-state index in [1.807, 2.05) is 6.07 Å². The van der Waals surface area contributed by atoms with Crippen LogP contribution in [0.3, 0.4) is 0 Å². The largest absolute Gasteiger partial charge is 0.423 e. The van der Waals surface area contributed by atoms with Crippen LogP contribution >= 0.6 is 0 Å². The molecular weight excluding hydrogens is 469 g/mol. The average Bonchev–Trinajstić information content (AvgIpc) is 3.72. The van der Waals surface area contributed by atoms with Crippen molar-refractivity contribution in [3.05, 3.63) is 64.5 Å². The van der Waals surface area contributed by atoms with Gasteiger partial charge < -0.3 is 14.6 Å². The molecule has 4 nitrogen and oxygen atoms in total. The Hall–Kier alpha value is -2.38. The zero-order chi connectivity index (χ0) is 25.4. The number of benzene rings is 2. The fourth-order valence-corrected chi connectivity index (χ4v) is 5.99. The summed E-state index contributed by atoms with van der Waals surface area (Å²) in [5.74, 6) is -3.42. The fourth-order valence-electron chi connectivity index (χ4n) is 5.99. The summed E-state index contributed by atoms with van der Waals surface area (Å²) in [6, 6.07) is 8.15. The summed E-state index contributed by atoms with van der Waals surface area (Å²) in [5.41, 5.74) is 1.81. The van der Waals surface area contributed by atoms with Gasteiger partial charge in [-0.2, -0.15) is 4.39 Å². The summed E-state index contributed by atoms with van der Waals surface area (Å²) in [7, 11) is 0. The van der Waals surface area contributed by atoms with Crippen molar-refractivity contribution in [3.63, 3.8) is 0 Å². The summed E-state index contributed by atoms with van der Waals surface area (Å²) >= 11 is 0. The number of hydrogen-bond donors (Lipinski definition) is 1. The summed E-state index contributed by atoms with van der Waals surface area (Å²) < 4.78 is 54.6. The molecule has 0 spiro atoms. The predicted octanol–water partition coefficient (Wildman–Crippen LogP) is 6.71. The van der Waals surface area contributed by atoms with Gasteiger partial charge in [-0.25, -0.2) is 8.78 Å². The Labute approximate surface area is 209 Å². The molecule has 0 aromatic heterocycles. The average molecular weight is 503 g/mol. The molecule has 0 bridgehead atoms. The van der Waals surface area contributed by atoms with Gasteiger partial charge in [-0.15, -0.1) is 0 Å². The van der Waals surface area contributed by atoms with E-state index in [9.17, 15) is 23.1 Å². The first-order valence-corrected chi connectivity index (χ1v) is 13.1. The van der Waals surface area contributed by atoms with Gasteiger partial charge in [0, 0.05) is 5.56 Å². The Bertz CT molecular complexity index is 1100. The third-order valence-electron chi connectivity index (χ3n) is 8.42. The maximum absolute atomic E-state index is 14.9. The molecule has 3 fully saturated rings. The Morgan fingerprint density at radius 2 is 1.56 bits per heavy atom. The summed E-state index contributed by atoms with van der Waals surface area (Å²) in [6.45, 7) is 2.32. The van der Waals surface area contributed by atoms with Crippen LogP contribution in [0.15, 0.2) is 30.3 Å². The molecule has 1 heterocycles. The first-order valence-electron chi connectivity index (χ1n) is 13.1. The molecule has 0 amide bonds.